The van der Waals surface area contributed by atoms with Crippen LogP contribution in [0.3, 0.4) is 0 Å². The predicted molar refractivity (Wildman–Crippen MR) is 76.8 cm³/mol. The van der Waals surface area contributed by atoms with Gasteiger partial charge in [-0.3, -0.25) is 10.1 Å². The summed E-state index contributed by atoms with van der Waals surface area (Å²) in [4.78, 5) is 9.84. The van der Waals surface area contributed by atoms with Gasteiger partial charge in [-0.1, -0.05) is 0 Å². The molecule has 7 heteroatoms. The zero-order chi connectivity index (χ0) is 15.6. The number of nitro benzene ring substituents is 1. The summed E-state index contributed by atoms with van der Waals surface area (Å²) in [5.41, 5.74) is 0.688. The van der Waals surface area contributed by atoms with Crippen molar-refractivity contribution in [1.82, 2.24) is 15.1 Å². The molecule has 0 atom stereocenters. The molecule has 6 nitrogen and oxygen atoms in total. The lowest BCUT2D eigenvalue weighted by atomic mass is 10.1. The number of aromatic nitrogens is 2. The fourth-order valence-electron chi connectivity index (χ4n) is 1.74. The summed E-state index contributed by atoms with van der Waals surface area (Å²) in [5.74, 6) is -0.873. The summed E-state index contributed by atoms with van der Waals surface area (Å²) < 4.78 is 15.1. The van der Waals surface area contributed by atoms with Crippen molar-refractivity contribution in [2.45, 2.75) is 32.9 Å². The van der Waals surface area contributed by atoms with Gasteiger partial charge in [0.1, 0.15) is 0 Å². The monoisotopic (exact) mass is 292 g/mol. The zero-order valence-corrected chi connectivity index (χ0v) is 12.1. The van der Waals surface area contributed by atoms with Gasteiger partial charge in [-0.25, -0.2) is 4.68 Å². The molecule has 0 aliphatic carbocycles. The van der Waals surface area contributed by atoms with Gasteiger partial charge >= 0.3 is 5.69 Å². The Balaban J connectivity index is 2.18. The molecule has 21 heavy (non-hydrogen) atoms. The molecule has 0 saturated heterocycles. The Morgan fingerprint density at radius 2 is 2.10 bits per heavy atom. The van der Waals surface area contributed by atoms with E-state index >= 15 is 0 Å². The number of nitrogens with zero attached hydrogens (tertiary/aromatic N) is 3. The number of halogens is 1. The number of benzene rings is 1. The molecule has 0 amide bonds. The zero-order valence-electron chi connectivity index (χ0n) is 12.1. The molecule has 1 heterocycles. The topological polar surface area (TPSA) is 73.0 Å². The largest absolute Gasteiger partial charge is 0.306 e. The van der Waals surface area contributed by atoms with Crippen LogP contribution in [0.1, 0.15) is 26.5 Å². The van der Waals surface area contributed by atoms with Gasteiger partial charge in [-0.05, 0) is 32.9 Å². The first-order chi connectivity index (χ1) is 9.76. The lowest BCUT2D eigenvalue weighted by molar-refractivity contribution is -0.387. The van der Waals surface area contributed by atoms with Gasteiger partial charge < -0.3 is 5.32 Å². The van der Waals surface area contributed by atoms with Crippen molar-refractivity contribution >= 4 is 5.69 Å². The summed E-state index contributed by atoms with van der Waals surface area (Å²) in [7, 11) is 0. The van der Waals surface area contributed by atoms with Crippen molar-refractivity contribution in [3.8, 4) is 5.69 Å². The lowest BCUT2D eigenvalue weighted by Gasteiger charge is -2.19. The van der Waals surface area contributed by atoms with Gasteiger partial charge in [-0.15, -0.1) is 0 Å². The first-order valence-electron chi connectivity index (χ1n) is 6.50. The molecule has 0 radical (unpaired) electrons. The normalized spacial score (nSPS) is 11.6. The molecule has 1 aromatic carbocycles. The summed E-state index contributed by atoms with van der Waals surface area (Å²) >= 11 is 0. The second-order valence-electron chi connectivity index (χ2n) is 5.75. The summed E-state index contributed by atoms with van der Waals surface area (Å²) in [6.07, 6.45) is 1.69. The Hall–Kier alpha value is -2.28. The highest BCUT2D eigenvalue weighted by Crippen LogP contribution is 2.20. The third kappa shape index (κ3) is 3.85. The molecule has 0 aliphatic rings. The van der Waals surface area contributed by atoms with Crippen LogP contribution in [0, 0.1) is 15.9 Å². The van der Waals surface area contributed by atoms with Gasteiger partial charge in [0.2, 0.25) is 5.82 Å². The molecule has 1 N–H and O–H groups in total. The average Bonchev–Trinajstić information content (AvgIpc) is 2.83. The van der Waals surface area contributed by atoms with Crippen LogP contribution >= 0.6 is 0 Å². The quantitative estimate of drug-likeness (QED) is 0.694. The Morgan fingerprint density at radius 1 is 1.38 bits per heavy atom. The van der Waals surface area contributed by atoms with Gasteiger partial charge in [-0.2, -0.15) is 9.49 Å². The van der Waals surface area contributed by atoms with Crippen molar-refractivity contribution in [3.05, 3.63) is 52.1 Å². The number of hydrogen-bond donors (Lipinski definition) is 1. The summed E-state index contributed by atoms with van der Waals surface area (Å²) in [5, 5.41) is 18.2. The van der Waals surface area contributed by atoms with Gasteiger partial charge in [0.25, 0.3) is 0 Å². The highest BCUT2D eigenvalue weighted by molar-refractivity contribution is 5.41. The third-order valence-electron chi connectivity index (χ3n) is 2.84. The van der Waals surface area contributed by atoms with E-state index < -0.39 is 16.4 Å². The summed E-state index contributed by atoms with van der Waals surface area (Å²) in [6.45, 7) is 6.74. The second kappa shape index (κ2) is 5.61. The number of nitro groups is 1. The molecule has 2 aromatic rings. The van der Waals surface area contributed by atoms with Gasteiger partial charge in [0.15, 0.2) is 0 Å². The lowest BCUT2D eigenvalue weighted by Crippen LogP contribution is -2.35. The molecule has 112 valence electrons. The second-order valence-corrected chi connectivity index (χ2v) is 5.75. The maximum absolute atomic E-state index is 13.6. The minimum absolute atomic E-state index is 0.0246. The van der Waals surface area contributed by atoms with E-state index in [2.05, 4.69) is 31.2 Å². The Morgan fingerprint density at radius 3 is 2.67 bits per heavy atom. The van der Waals surface area contributed by atoms with E-state index in [-0.39, 0.29) is 5.54 Å². The van der Waals surface area contributed by atoms with Crippen LogP contribution < -0.4 is 5.32 Å². The van der Waals surface area contributed by atoms with E-state index in [0.29, 0.717) is 12.2 Å². The number of rotatable bonds is 4. The third-order valence-corrected chi connectivity index (χ3v) is 2.84. The highest BCUT2D eigenvalue weighted by Gasteiger charge is 2.15. The van der Waals surface area contributed by atoms with E-state index in [0.717, 1.165) is 17.8 Å². The standard InChI is InChI=1S/C14H17FN4O2/c1-14(2,3)16-9-10-6-7-18(17-10)11-4-5-13(19(20)21)12(15)8-11/h4-8,16H,9H2,1-3H3. The van der Waals surface area contributed by atoms with Crippen LogP contribution in [0.4, 0.5) is 10.1 Å². The van der Waals surface area contributed by atoms with Gasteiger partial charge in [0.05, 0.1) is 16.3 Å². The van der Waals surface area contributed by atoms with Gasteiger partial charge in [0, 0.05) is 30.4 Å². The first kappa shape index (κ1) is 15.1. The Kier molecular flexibility index (Phi) is 4.04. The molecule has 1 aromatic heterocycles. The molecule has 0 aliphatic heterocycles. The molecule has 0 saturated carbocycles. The fraction of sp³-hybridized carbons (Fsp3) is 0.357. The number of nitrogens with one attached hydrogen (secondary N) is 1. The fourth-order valence-corrected chi connectivity index (χ4v) is 1.74. The molecular weight excluding hydrogens is 275 g/mol. The molecular formula is C14H17FN4O2. The van der Waals surface area contributed by atoms with E-state index in [1.54, 1.807) is 6.20 Å². The number of hydrogen-bond acceptors (Lipinski definition) is 4. The predicted octanol–water partition coefficient (Wildman–Crippen LogP) is 2.81. The molecule has 0 spiro atoms. The molecule has 2 rings (SSSR count). The minimum Gasteiger partial charge on any atom is -0.306 e. The smallest absolute Gasteiger partial charge is 0.304 e. The SMILES string of the molecule is CC(C)(C)NCc1ccn(-c2ccc([N+](=O)[O-])c(F)c2)n1. The molecule has 0 unspecified atom stereocenters. The minimum atomic E-state index is -0.873. The summed E-state index contributed by atoms with van der Waals surface area (Å²) in [6, 6.07) is 5.53. The van der Waals surface area contributed by atoms with Crippen LogP contribution in [-0.4, -0.2) is 20.2 Å². The van der Waals surface area contributed by atoms with E-state index in [4.69, 9.17) is 0 Å². The highest BCUT2D eigenvalue weighted by atomic mass is 19.1. The Labute approximate surface area is 121 Å². The van der Waals surface area contributed by atoms with E-state index in [1.165, 1.54) is 10.7 Å². The van der Waals surface area contributed by atoms with E-state index in [9.17, 15) is 14.5 Å². The maximum atomic E-state index is 13.6. The Bertz CT molecular complexity index is 661. The van der Waals surface area contributed by atoms with Crippen molar-refractivity contribution in [2.24, 2.45) is 0 Å². The molecule has 0 fully saturated rings. The molecule has 0 bridgehead atoms. The van der Waals surface area contributed by atoms with E-state index in [1.807, 2.05) is 6.07 Å². The van der Waals surface area contributed by atoms with Crippen LogP contribution in [0.5, 0.6) is 0 Å². The van der Waals surface area contributed by atoms with Crippen LogP contribution in [0.25, 0.3) is 5.69 Å². The maximum Gasteiger partial charge on any atom is 0.304 e. The average molecular weight is 292 g/mol. The van der Waals surface area contributed by atoms with Crippen molar-refractivity contribution in [3.63, 3.8) is 0 Å². The van der Waals surface area contributed by atoms with Crippen LogP contribution in [-0.2, 0) is 6.54 Å². The van der Waals surface area contributed by atoms with Crippen molar-refractivity contribution < 1.29 is 9.31 Å². The van der Waals surface area contributed by atoms with Crippen LogP contribution in [0.2, 0.25) is 0 Å². The van der Waals surface area contributed by atoms with Crippen molar-refractivity contribution in [1.29, 1.82) is 0 Å². The first-order valence-corrected chi connectivity index (χ1v) is 6.50. The van der Waals surface area contributed by atoms with Crippen molar-refractivity contribution in [2.75, 3.05) is 0 Å². The van der Waals surface area contributed by atoms with Crippen LogP contribution in [0.15, 0.2) is 30.5 Å².